The molecule has 1 unspecified atom stereocenters. The Morgan fingerprint density at radius 1 is 1.38 bits per heavy atom. The molecule has 1 fully saturated rings. The van der Waals surface area contributed by atoms with Gasteiger partial charge in [0.15, 0.2) is 0 Å². The second-order valence-electron chi connectivity index (χ2n) is 3.72. The van der Waals surface area contributed by atoms with E-state index in [1.165, 1.54) is 25.8 Å². The number of ether oxygens (including phenoxy) is 1. The van der Waals surface area contributed by atoms with E-state index in [4.69, 9.17) is 4.74 Å². The van der Waals surface area contributed by atoms with Gasteiger partial charge in [0, 0.05) is 18.3 Å². The van der Waals surface area contributed by atoms with Crippen molar-refractivity contribution < 1.29 is 4.74 Å². The van der Waals surface area contributed by atoms with Gasteiger partial charge in [0.2, 0.25) is 0 Å². The number of piperidine rings is 1. The molecule has 0 saturated carbocycles. The molecule has 2 nitrogen and oxygen atoms in total. The highest BCUT2D eigenvalue weighted by Gasteiger charge is 2.16. The monoisotopic (exact) mass is 203 g/mol. The van der Waals surface area contributed by atoms with Crippen LogP contribution in [0, 0.1) is 0 Å². The largest absolute Gasteiger partial charge is 0.379 e. The maximum atomic E-state index is 5.42. The zero-order chi connectivity index (χ0) is 9.52. The number of thiol groups is 1. The maximum absolute atomic E-state index is 5.42. The second-order valence-corrected chi connectivity index (χ2v) is 4.16. The Labute approximate surface area is 87.0 Å². The van der Waals surface area contributed by atoms with Crippen molar-refractivity contribution in [3.8, 4) is 0 Å². The summed E-state index contributed by atoms with van der Waals surface area (Å²) in [5, 5.41) is 0. The van der Waals surface area contributed by atoms with Crippen LogP contribution in [0.2, 0.25) is 0 Å². The van der Waals surface area contributed by atoms with Crippen LogP contribution in [0.1, 0.15) is 26.2 Å². The van der Waals surface area contributed by atoms with E-state index in [1.54, 1.807) is 0 Å². The highest BCUT2D eigenvalue weighted by molar-refractivity contribution is 7.80. The Bertz CT molecular complexity index is 132. The Hall–Kier alpha value is 0.270. The van der Waals surface area contributed by atoms with Gasteiger partial charge in [-0.3, -0.25) is 4.90 Å². The lowest BCUT2D eigenvalue weighted by molar-refractivity contribution is 0.0840. The smallest absolute Gasteiger partial charge is 0.0593 e. The van der Waals surface area contributed by atoms with Gasteiger partial charge in [0.1, 0.15) is 0 Å². The first-order valence-electron chi connectivity index (χ1n) is 5.27. The molecule has 0 radical (unpaired) electrons. The van der Waals surface area contributed by atoms with Gasteiger partial charge in [0.25, 0.3) is 0 Å². The van der Waals surface area contributed by atoms with Crippen LogP contribution in [-0.4, -0.2) is 43.0 Å². The Balaban J connectivity index is 2.05. The van der Waals surface area contributed by atoms with E-state index in [-0.39, 0.29) is 0 Å². The minimum Gasteiger partial charge on any atom is -0.379 e. The minimum absolute atomic E-state index is 0.758. The van der Waals surface area contributed by atoms with Crippen LogP contribution in [0.3, 0.4) is 0 Å². The van der Waals surface area contributed by atoms with Crippen molar-refractivity contribution in [1.82, 2.24) is 4.90 Å². The van der Waals surface area contributed by atoms with Gasteiger partial charge in [-0.2, -0.15) is 12.6 Å². The van der Waals surface area contributed by atoms with Crippen molar-refractivity contribution >= 4 is 12.6 Å². The molecule has 1 atom stereocenters. The number of rotatable bonds is 5. The second kappa shape index (κ2) is 6.68. The number of likely N-dealkylation sites (tertiary alicyclic amines) is 1. The van der Waals surface area contributed by atoms with E-state index in [0.717, 1.165) is 31.6 Å². The molecule has 1 aliphatic heterocycles. The topological polar surface area (TPSA) is 12.5 Å². The fourth-order valence-corrected chi connectivity index (χ4v) is 1.97. The molecule has 1 saturated heterocycles. The molecular formula is C10H21NOS. The fraction of sp³-hybridized carbons (Fsp3) is 1.00. The summed E-state index contributed by atoms with van der Waals surface area (Å²) in [5.74, 6) is 0.829. The molecule has 78 valence electrons. The van der Waals surface area contributed by atoms with Crippen LogP contribution in [-0.2, 0) is 4.74 Å². The zero-order valence-corrected chi connectivity index (χ0v) is 9.43. The number of nitrogens with zero attached hydrogens (tertiary/aromatic N) is 1. The molecule has 0 aliphatic carbocycles. The van der Waals surface area contributed by atoms with E-state index in [0.29, 0.717) is 0 Å². The molecule has 0 spiro atoms. The normalized spacial score (nSPS) is 24.9. The molecule has 0 N–H and O–H groups in total. The summed E-state index contributed by atoms with van der Waals surface area (Å²) in [6, 6.07) is 0.758. The van der Waals surface area contributed by atoms with Crippen molar-refractivity contribution in [3.05, 3.63) is 0 Å². The summed E-state index contributed by atoms with van der Waals surface area (Å²) in [7, 11) is 0. The first kappa shape index (κ1) is 11.3. The van der Waals surface area contributed by atoms with Crippen LogP contribution in [0.15, 0.2) is 0 Å². The third-order valence-corrected chi connectivity index (χ3v) is 2.88. The number of hydrogen-bond donors (Lipinski definition) is 1. The molecular weight excluding hydrogens is 182 g/mol. The summed E-state index contributed by atoms with van der Waals surface area (Å²) < 4.78 is 5.42. The lowest BCUT2D eigenvalue weighted by Crippen LogP contribution is -2.39. The molecule has 0 aromatic carbocycles. The van der Waals surface area contributed by atoms with Crippen molar-refractivity contribution in [2.24, 2.45) is 0 Å². The van der Waals surface area contributed by atoms with Crippen LogP contribution in [0.4, 0.5) is 0 Å². The Morgan fingerprint density at radius 3 is 2.92 bits per heavy atom. The number of hydrogen-bond acceptors (Lipinski definition) is 3. The van der Waals surface area contributed by atoms with E-state index in [9.17, 15) is 0 Å². The van der Waals surface area contributed by atoms with E-state index < -0.39 is 0 Å². The lowest BCUT2D eigenvalue weighted by atomic mass is 10.0. The van der Waals surface area contributed by atoms with Crippen LogP contribution in [0.25, 0.3) is 0 Å². The van der Waals surface area contributed by atoms with Crippen molar-refractivity contribution in [1.29, 1.82) is 0 Å². The first-order valence-corrected chi connectivity index (χ1v) is 5.90. The van der Waals surface area contributed by atoms with E-state index >= 15 is 0 Å². The molecule has 1 heterocycles. The molecule has 0 bridgehead atoms. The van der Waals surface area contributed by atoms with Crippen molar-refractivity contribution in [3.63, 3.8) is 0 Å². The van der Waals surface area contributed by atoms with E-state index in [2.05, 4.69) is 24.5 Å². The Kier molecular flexibility index (Phi) is 5.83. The standard InChI is InChI=1S/C10H21NOS/c1-10-4-2-3-5-11(10)6-7-12-8-9-13/h10,13H,2-9H2,1H3. The summed E-state index contributed by atoms with van der Waals surface area (Å²) in [6.45, 7) is 6.31. The summed E-state index contributed by atoms with van der Waals surface area (Å²) in [5.41, 5.74) is 0. The summed E-state index contributed by atoms with van der Waals surface area (Å²) in [4.78, 5) is 2.53. The lowest BCUT2D eigenvalue weighted by Gasteiger charge is -2.33. The van der Waals surface area contributed by atoms with Crippen LogP contribution in [0.5, 0.6) is 0 Å². The molecule has 13 heavy (non-hydrogen) atoms. The third-order valence-electron chi connectivity index (χ3n) is 2.70. The molecule has 0 amide bonds. The maximum Gasteiger partial charge on any atom is 0.0593 e. The molecule has 3 heteroatoms. The SMILES string of the molecule is CC1CCCCN1CCOCCS. The molecule has 1 aliphatic rings. The van der Waals surface area contributed by atoms with Gasteiger partial charge in [-0.05, 0) is 26.3 Å². The Morgan fingerprint density at radius 2 is 2.23 bits per heavy atom. The first-order chi connectivity index (χ1) is 6.34. The molecule has 0 aromatic heterocycles. The minimum atomic E-state index is 0.758. The zero-order valence-electron chi connectivity index (χ0n) is 8.54. The predicted octanol–water partition coefficient (Wildman–Crippen LogP) is 1.81. The average molecular weight is 203 g/mol. The highest BCUT2D eigenvalue weighted by atomic mass is 32.1. The highest BCUT2D eigenvalue weighted by Crippen LogP contribution is 2.15. The third kappa shape index (κ3) is 4.34. The van der Waals surface area contributed by atoms with Gasteiger partial charge in [0.05, 0.1) is 13.2 Å². The van der Waals surface area contributed by atoms with Gasteiger partial charge >= 0.3 is 0 Å². The van der Waals surface area contributed by atoms with Gasteiger partial charge in [-0.15, -0.1) is 0 Å². The predicted molar refractivity (Wildman–Crippen MR) is 59.6 cm³/mol. The van der Waals surface area contributed by atoms with Gasteiger partial charge in [-0.1, -0.05) is 6.42 Å². The average Bonchev–Trinajstić information content (AvgIpc) is 2.15. The molecule has 0 aromatic rings. The van der Waals surface area contributed by atoms with Crippen LogP contribution < -0.4 is 0 Å². The summed E-state index contributed by atoms with van der Waals surface area (Å²) >= 11 is 4.10. The van der Waals surface area contributed by atoms with Gasteiger partial charge in [-0.25, -0.2) is 0 Å². The van der Waals surface area contributed by atoms with E-state index in [1.807, 2.05) is 0 Å². The van der Waals surface area contributed by atoms with Gasteiger partial charge < -0.3 is 4.74 Å². The molecule has 1 rings (SSSR count). The van der Waals surface area contributed by atoms with Crippen molar-refractivity contribution in [2.75, 3.05) is 32.1 Å². The van der Waals surface area contributed by atoms with Crippen LogP contribution >= 0.6 is 12.6 Å². The van der Waals surface area contributed by atoms with Crippen molar-refractivity contribution in [2.45, 2.75) is 32.2 Å². The quantitative estimate of drug-likeness (QED) is 0.540. The summed E-state index contributed by atoms with van der Waals surface area (Å²) in [6.07, 6.45) is 4.11. The fourth-order valence-electron chi connectivity index (χ4n) is 1.84.